The van der Waals surface area contributed by atoms with E-state index in [0.717, 1.165) is 70.1 Å². The number of hydrogen-bond acceptors (Lipinski definition) is 5. The molecule has 1 atom stereocenters. The van der Waals surface area contributed by atoms with E-state index in [1.54, 1.807) is 0 Å². The molecule has 3 heterocycles. The van der Waals surface area contributed by atoms with E-state index in [2.05, 4.69) is 17.0 Å². The summed E-state index contributed by atoms with van der Waals surface area (Å²) in [5, 5.41) is 0. The normalized spacial score (nSPS) is 24.2. The molecule has 2 fully saturated rings. The van der Waals surface area contributed by atoms with Gasteiger partial charge in [0.15, 0.2) is 11.5 Å². The number of amides is 1. The predicted molar refractivity (Wildman–Crippen MR) is 88.0 cm³/mol. The molecule has 0 radical (unpaired) electrons. The maximum absolute atomic E-state index is 12.5. The minimum atomic E-state index is -0.209. The van der Waals surface area contributed by atoms with E-state index >= 15 is 0 Å². The van der Waals surface area contributed by atoms with Crippen LogP contribution in [0.15, 0.2) is 18.2 Å². The van der Waals surface area contributed by atoms with Crippen molar-refractivity contribution >= 4 is 5.91 Å². The van der Waals surface area contributed by atoms with Crippen molar-refractivity contribution in [3.05, 3.63) is 23.8 Å². The van der Waals surface area contributed by atoms with Gasteiger partial charge < -0.3 is 19.1 Å². The van der Waals surface area contributed by atoms with Crippen LogP contribution in [-0.2, 0) is 16.1 Å². The maximum atomic E-state index is 12.5. The van der Waals surface area contributed by atoms with Gasteiger partial charge in [0.1, 0.15) is 6.10 Å². The summed E-state index contributed by atoms with van der Waals surface area (Å²) in [6.45, 7) is 5.26. The summed E-state index contributed by atoms with van der Waals surface area (Å²) in [6, 6.07) is 6.11. The molecule has 6 nitrogen and oxygen atoms in total. The largest absolute Gasteiger partial charge is 0.454 e. The van der Waals surface area contributed by atoms with Gasteiger partial charge >= 0.3 is 0 Å². The molecule has 2 saturated heterocycles. The highest BCUT2D eigenvalue weighted by molar-refractivity contribution is 5.81. The van der Waals surface area contributed by atoms with Gasteiger partial charge in [-0.05, 0) is 37.0 Å². The molecule has 0 spiro atoms. The molecule has 6 heteroatoms. The van der Waals surface area contributed by atoms with E-state index in [0.29, 0.717) is 6.79 Å². The quantitative estimate of drug-likeness (QED) is 0.842. The van der Waals surface area contributed by atoms with Crippen LogP contribution in [0.2, 0.25) is 0 Å². The second kappa shape index (κ2) is 6.99. The highest BCUT2D eigenvalue weighted by atomic mass is 16.7. The monoisotopic (exact) mass is 332 g/mol. The fourth-order valence-electron chi connectivity index (χ4n) is 3.56. The molecule has 24 heavy (non-hydrogen) atoms. The number of rotatable bonds is 3. The number of benzene rings is 1. The fraction of sp³-hybridized carbons (Fsp3) is 0.611. The Balaban J connectivity index is 1.29. The number of fused-ring (bicyclic) bond motifs is 1. The zero-order valence-corrected chi connectivity index (χ0v) is 13.9. The molecule has 0 aliphatic carbocycles. The molecule has 1 unspecified atom stereocenters. The second-order valence-corrected chi connectivity index (χ2v) is 6.64. The summed E-state index contributed by atoms with van der Waals surface area (Å²) in [7, 11) is 0. The Morgan fingerprint density at radius 3 is 2.71 bits per heavy atom. The average molecular weight is 332 g/mol. The van der Waals surface area contributed by atoms with Crippen LogP contribution in [0.3, 0.4) is 0 Å². The maximum Gasteiger partial charge on any atom is 0.251 e. The van der Waals surface area contributed by atoms with Crippen LogP contribution in [0.4, 0.5) is 0 Å². The third kappa shape index (κ3) is 3.35. The Morgan fingerprint density at radius 2 is 1.92 bits per heavy atom. The third-order valence-corrected chi connectivity index (χ3v) is 4.98. The summed E-state index contributed by atoms with van der Waals surface area (Å²) in [4.78, 5) is 16.8. The standard InChI is InChI=1S/C18H24N2O4/c21-18(16-3-1-2-10-22-16)20-8-6-19(7-9-20)12-14-4-5-15-17(11-14)24-13-23-15/h4-5,11,16H,1-3,6-10,12-13H2. The lowest BCUT2D eigenvalue weighted by Crippen LogP contribution is -2.51. The Labute approximate surface area is 142 Å². The van der Waals surface area contributed by atoms with Gasteiger partial charge in [0.05, 0.1) is 0 Å². The van der Waals surface area contributed by atoms with Gasteiger partial charge in [0.2, 0.25) is 6.79 Å². The van der Waals surface area contributed by atoms with Crippen LogP contribution < -0.4 is 9.47 Å². The van der Waals surface area contributed by atoms with Crippen LogP contribution in [0.1, 0.15) is 24.8 Å². The van der Waals surface area contributed by atoms with Crippen molar-refractivity contribution in [1.82, 2.24) is 9.80 Å². The zero-order valence-electron chi connectivity index (χ0n) is 13.9. The molecule has 0 bridgehead atoms. The highest BCUT2D eigenvalue weighted by Crippen LogP contribution is 2.32. The lowest BCUT2D eigenvalue weighted by Gasteiger charge is -2.37. The van der Waals surface area contributed by atoms with Crippen molar-refractivity contribution in [2.45, 2.75) is 31.9 Å². The van der Waals surface area contributed by atoms with Crippen LogP contribution in [0.5, 0.6) is 11.5 Å². The van der Waals surface area contributed by atoms with Crippen molar-refractivity contribution in [3.63, 3.8) is 0 Å². The first-order valence-electron chi connectivity index (χ1n) is 8.81. The SMILES string of the molecule is O=C(C1CCCCO1)N1CCN(Cc2ccc3c(c2)OCO3)CC1. The third-order valence-electron chi connectivity index (χ3n) is 4.98. The molecule has 130 valence electrons. The smallest absolute Gasteiger partial charge is 0.251 e. The Bertz CT molecular complexity index is 593. The van der Waals surface area contributed by atoms with Crippen molar-refractivity contribution in [1.29, 1.82) is 0 Å². The molecule has 0 aromatic heterocycles. The van der Waals surface area contributed by atoms with Gasteiger partial charge in [-0.15, -0.1) is 0 Å². The van der Waals surface area contributed by atoms with Crippen molar-refractivity contribution < 1.29 is 19.0 Å². The molecule has 1 aromatic carbocycles. The van der Waals surface area contributed by atoms with Gasteiger partial charge in [-0.3, -0.25) is 9.69 Å². The summed E-state index contributed by atoms with van der Waals surface area (Å²) in [5.41, 5.74) is 1.22. The zero-order chi connectivity index (χ0) is 16.4. The number of nitrogens with zero attached hydrogens (tertiary/aromatic N) is 2. The molecular weight excluding hydrogens is 308 g/mol. The number of hydrogen-bond donors (Lipinski definition) is 0. The number of piperazine rings is 1. The summed E-state index contributed by atoms with van der Waals surface area (Å²) >= 11 is 0. The molecule has 0 N–H and O–H groups in total. The highest BCUT2D eigenvalue weighted by Gasteiger charge is 2.29. The number of carbonyl (C=O) groups excluding carboxylic acids is 1. The van der Waals surface area contributed by atoms with Gasteiger partial charge in [-0.2, -0.15) is 0 Å². The summed E-state index contributed by atoms with van der Waals surface area (Å²) < 4.78 is 16.4. The molecule has 4 rings (SSSR count). The molecule has 1 amide bonds. The van der Waals surface area contributed by atoms with Gasteiger partial charge in [-0.25, -0.2) is 0 Å². The molecule has 0 saturated carbocycles. The Kier molecular flexibility index (Phi) is 4.58. The molecular formula is C18H24N2O4. The first-order valence-corrected chi connectivity index (χ1v) is 8.81. The lowest BCUT2D eigenvalue weighted by molar-refractivity contribution is -0.148. The number of carbonyl (C=O) groups is 1. The van der Waals surface area contributed by atoms with Crippen LogP contribution in [-0.4, -0.2) is 61.4 Å². The van der Waals surface area contributed by atoms with E-state index in [1.165, 1.54) is 5.56 Å². The molecule has 1 aromatic rings. The number of ether oxygens (including phenoxy) is 3. The molecule has 3 aliphatic rings. The van der Waals surface area contributed by atoms with Crippen molar-refractivity contribution in [3.8, 4) is 11.5 Å². The van der Waals surface area contributed by atoms with Gasteiger partial charge in [-0.1, -0.05) is 6.07 Å². The average Bonchev–Trinajstić information content (AvgIpc) is 3.10. The van der Waals surface area contributed by atoms with Gasteiger partial charge in [0, 0.05) is 39.3 Å². The minimum Gasteiger partial charge on any atom is -0.454 e. The first-order chi connectivity index (χ1) is 11.8. The lowest BCUT2D eigenvalue weighted by atomic mass is 10.1. The summed E-state index contributed by atoms with van der Waals surface area (Å²) in [6.07, 6.45) is 2.84. The summed E-state index contributed by atoms with van der Waals surface area (Å²) in [5.74, 6) is 1.83. The minimum absolute atomic E-state index is 0.178. The van der Waals surface area contributed by atoms with Gasteiger partial charge in [0.25, 0.3) is 5.91 Å². The Hall–Kier alpha value is -1.79. The van der Waals surface area contributed by atoms with E-state index in [9.17, 15) is 4.79 Å². The Morgan fingerprint density at radius 1 is 1.08 bits per heavy atom. The van der Waals surface area contributed by atoms with Crippen LogP contribution >= 0.6 is 0 Å². The first kappa shape index (κ1) is 15.7. The molecule has 3 aliphatic heterocycles. The van der Waals surface area contributed by atoms with Crippen molar-refractivity contribution in [2.75, 3.05) is 39.6 Å². The van der Waals surface area contributed by atoms with E-state index in [-0.39, 0.29) is 12.0 Å². The predicted octanol–water partition coefficient (Wildman–Crippen LogP) is 1.63. The fourth-order valence-corrected chi connectivity index (χ4v) is 3.56. The second-order valence-electron chi connectivity index (χ2n) is 6.64. The van der Waals surface area contributed by atoms with E-state index < -0.39 is 0 Å². The van der Waals surface area contributed by atoms with E-state index in [4.69, 9.17) is 14.2 Å². The van der Waals surface area contributed by atoms with Crippen LogP contribution in [0, 0.1) is 0 Å². The van der Waals surface area contributed by atoms with E-state index in [1.807, 2.05) is 11.0 Å². The topological polar surface area (TPSA) is 51.2 Å². The van der Waals surface area contributed by atoms with Crippen LogP contribution in [0.25, 0.3) is 0 Å². The van der Waals surface area contributed by atoms with Crippen molar-refractivity contribution in [2.24, 2.45) is 0 Å².